The number of carbonyl (C=O) groups is 1. The largest absolute Gasteiger partial charge is 0.443 e. The van der Waals surface area contributed by atoms with Gasteiger partial charge in [0.25, 0.3) is 0 Å². The summed E-state index contributed by atoms with van der Waals surface area (Å²) in [5, 5.41) is 0. The summed E-state index contributed by atoms with van der Waals surface area (Å²) in [5.74, 6) is -1.84. The molecule has 0 aliphatic carbocycles. The Kier molecular flexibility index (Phi) is 5.12. The number of nitrogens with zero attached hydrogens (tertiary/aromatic N) is 3. The highest BCUT2D eigenvalue weighted by Gasteiger charge is 2.40. The van der Waals surface area contributed by atoms with Crippen LogP contribution in [0.4, 0.5) is 23.8 Å². The highest BCUT2D eigenvalue weighted by molar-refractivity contribution is 5.87. The molecule has 1 saturated heterocycles. The molecule has 28 heavy (non-hydrogen) atoms. The molecule has 2 aromatic rings. The lowest BCUT2D eigenvalue weighted by molar-refractivity contribution is 0.143. The SMILES string of the molecule is CC1(F)CN(c2ncc(-c3cccc(COC(=O)N=C(N)N)c3F)cc2F)C1. The first-order valence-electron chi connectivity index (χ1n) is 8.30. The van der Waals surface area contributed by atoms with Crippen LogP contribution in [0.15, 0.2) is 35.5 Å². The number of hydrogen-bond acceptors (Lipinski definition) is 4. The number of ether oxygens (including phenoxy) is 1. The van der Waals surface area contributed by atoms with E-state index in [0.717, 1.165) is 6.07 Å². The fourth-order valence-corrected chi connectivity index (χ4v) is 2.90. The second-order valence-electron chi connectivity index (χ2n) is 6.67. The first kappa shape index (κ1) is 19.5. The zero-order valence-corrected chi connectivity index (χ0v) is 15.0. The molecule has 10 heteroatoms. The summed E-state index contributed by atoms with van der Waals surface area (Å²) < 4.78 is 47.5. The second kappa shape index (κ2) is 7.37. The van der Waals surface area contributed by atoms with Gasteiger partial charge in [-0.25, -0.2) is 22.9 Å². The van der Waals surface area contributed by atoms with Crippen molar-refractivity contribution in [3.8, 4) is 11.1 Å². The van der Waals surface area contributed by atoms with Crippen LogP contribution in [0.2, 0.25) is 0 Å². The molecule has 3 rings (SSSR count). The van der Waals surface area contributed by atoms with Gasteiger partial charge in [-0.15, -0.1) is 4.99 Å². The standard InChI is InChI=1S/C18H18F3N5O2/c1-18(21)8-26(9-18)15-13(19)5-11(6-24-15)12-4-2-3-10(14(12)20)7-28-17(27)25-16(22)23/h2-6H,7-9H2,1H3,(H4,22,23,25,27). The Morgan fingerprint density at radius 3 is 2.68 bits per heavy atom. The number of halogens is 3. The lowest BCUT2D eigenvalue weighted by atomic mass is 9.98. The molecule has 1 fully saturated rings. The number of nitrogens with two attached hydrogens (primary N) is 2. The molecular formula is C18H18F3N5O2. The Morgan fingerprint density at radius 2 is 2.07 bits per heavy atom. The lowest BCUT2D eigenvalue weighted by Gasteiger charge is -2.43. The van der Waals surface area contributed by atoms with E-state index in [9.17, 15) is 18.0 Å². The van der Waals surface area contributed by atoms with Crippen LogP contribution in [0, 0.1) is 11.6 Å². The predicted octanol–water partition coefficient (Wildman–Crippen LogP) is 2.49. The van der Waals surface area contributed by atoms with Crippen molar-refractivity contribution in [3.05, 3.63) is 47.7 Å². The van der Waals surface area contributed by atoms with Crippen molar-refractivity contribution in [1.29, 1.82) is 0 Å². The van der Waals surface area contributed by atoms with Crippen molar-refractivity contribution in [2.24, 2.45) is 16.5 Å². The average Bonchev–Trinajstić information content (AvgIpc) is 2.58. The molecular weight excluding hydrogens is 375 g/mol. The van der Waals surface area contributed by atoms with Crippen molar-refractivity contribution in [2.45, 2.75) is 19.2 Å². The van der Waals surface area contributed by atoms with E-state index in [1.807, 2.05) is 0 Å². The predicted molar refractivity (Wildman–Crippen MR) is 97.3 cm³/mol. The third-order valence-electron chi connectivity index (χ3n) is 4.12. The van der Waals surface area contributed by atoms with E-state index in [2.05, 4.69) is 9.98 Å². The summed E-state index contributed by atoms with van der Waals surface area (Å²) in [4.78, 5) is 20.0. The van der Waals surface area contributed by atoms with Gasteiger partial charge in [0, 0.05) is 22.9 Å². The lowest BCUT2D eigenvalue weighted by Crippen LogP contribution is -2.57. The molecule has 148 valence electrons. The molecule has 0 bridgehead atoms. The number of aromatic nitrogens is 1. The van der Waals surface area contributed by atoms with E-state index in [1.165, 1.54) is 36.2 Å². The van der Waals surface area contributed by atoms with Gasteiger partial charge in [-0.2, -0.15) is 0 Å². The zero-order chi connectivity index (χ0) is 20.5. The van der Waals surface area contributed by atoms with Crippen LogP contribution in [0.1, 0.15) is 12.5 Å². The van der Waals surface area contributed by atoms with Crippen molar-refractivity contribution in [2.75, 3.05) is 18.0 Å². The molecule has 0 unspecified atom stereocenters. The van der Waals surface area contributed by atoms with E-state index in [0.29, 0.717) is 0 Å². The first-order chi connectivity index (χ1) is 13.2. The summed E-state index contributed by atoms with van der Waals surface area (Å²) in [6, 6.07) is 5.50. The number of guanidine groups is 1. The van der Waals surface area contributed by atoms with Crippen LogP contribution < -0.4 is 16.4 Å². The van der Waals surface area contributed by atoms with Gasteiger partial charge in [0.15, 0.2) is 17.6 Å². The molecule has 0 saturated carbocycles. The molecule has 1 amide bonds. The van der Waals surface area contributed by atoms with Crippen molar-refractivity contribution < 1.29 is 22.7 Å². The molecule has 1 aliphatic heterocycles. The Balaban J connectivity index is 1.79. The van der Waals surface area contributed by atoms with Crippen LogP contribution in [0.5, 0.6) is 0 Å². The zero-order valence-electron chi connectivity index (χ0n) is 15.0. The van der Waals surface area contributed by atoms with Crippen molar-refractivity contribution >= 4 is 17.9 Å². The normalized spacial score (nSPS) is 14.9. The Morgan fingerprint density at radius 1 is 1.36 bits per heavy atom. The molecule has 0 spiro atoms. The van der Waals surface area contributed by atoms with Gasteiger partial charge in [-0.1, -0.05) is 18.2 Å². The Hall–Kier alpha value is -3.30. The van der Waals surface area contributed by atoms with Crippen LogP contribution in [-0.4, -0.2) is 35.8 Å². The van der Waals surface area contributed by atoms with E-state index in [-0.39, 0.29) is 35.6 Å². The van der Waals surface area contributed by atoms with Gasteiger partial charge in [0.2, 0.25) is 0 Å². The van der Waals surface area contributed by atoms with E-state index in [4.69, 9.17) is 16.2 Å². The maximum Gasteiger partial charge on any atom is 0.437 e. The number of pyridine rings is 1. The number of carbonyl (C=O) groups excluding carboxylic acids is 1. The molecule has 7 nitrogen and oxygen atoms in total. The highest BCUT2D eigenvalue weighted by atomic mass is 19.1. The minimum Gasteiger partial charge on any atom is -0.443 e. The number of anilines is 1. The molecule has 0 atom stereocenters. The van der Waals surface area contributed by atoms with Crippen molar-refractivity contribution in [1.82, 2.24) is 4.98 Å². The fourth-order valence-electron chi connectivity index (χ4n) is 2.90. The molecule has 1 aromatic carbocycles. The van der Waals surface area contributed by atoms with Gasteiger partial charge < -0.3 is 21.1 Å². The first-order valence-corrected chi connectivity index (χ1v) is 8.30. The van der Waals surface area contributed by atoms with Crippen molar-refractivity contribution in [3.63, 3.8) is 0 Å². The van der Waals surface area contributed by atoms with Crippen LogP contribution in [0.25, 0.3) is 11.1 Å². The molecule has 1 aromatic heterocycles. The third-order valence-corrected chi connectivity index (χ3v) is 4.12. The molecule has 4 N–H and O–H groups in total. The summed E-state index contributed by atoms with van der Waals surface area (Å²) >= 11 is 0. The van der Waals surface area contributed by atoms with Crippen LogP contribution in [0.3, 0.4) is 0 Å². The van der Waals surface area contributed by atoms with Crippen LogP contribution in [-0.2, 0) is 11.3 Å². The van der Waals surface area contributed by atoms with Gasteiger partial charge in [0.05, 0.1) is 13.1 Å². The Bertz CT molecular complexity index is 937. The monoisotopic (exact) mass is 393 g/mol. The number of alkyl halides is 1. The van der Waals surface area contributed by atoms with Gasteiger partial charge in [-0.05, 0) is 13.0 Å². The molecule has 2 heterocycles. The summed E-state index contributed by atoms with van der Waals surface area (Å²) in [5.41, 5.74) is 9.06. The van der Waals surface area contributed by atoms with E-state index in [1.54, 1.807) is 0 Å². The maximum atomic E-state index is 14.8. The average molecular weight is 393 g/mol. The van der Waals surface area contributed by atoms with Gasteiger partial charge >= 0.3 is 6.09 Å². The van der Waals surface area contributed by atoms with E-state index < -0.39 is 36.0 Å². The van der Waals surface area contributed by atoms with Gasteiger partial charge in [0.1, 0.15) is 18.1 Å². The topological polar surface area (TPSA) is 107 Å². The number of hydrogen-bond donors (Lipinski definition) is 2. The molecule has 0 radical (unpaired) electrons. The number of benzene rings is 1. The maximum absolute atomic E-state index is 14.8. The quantitative estimate of drug-likeness (QED) is 0.611. The summed E-state index contributed by atoms with van der Waals surface area (Å²) in [6.07, 6.45) is 0.246. The number of aliphatic imine (C=N–C) groups is 1. The number of rotatable bonds is 4. The minimum atomic E-state index is -1.37. The van der Waals surface area contributed by atoms with Gasteiger partial charge in [-0.3, -0.25) is 0 Å². The van der Waals surface area contributed by atoms with E-state index >= 15 is 0 Å². The summed E-state index contributed by atoms with van der Waals surface area (Å²) in [7, 11) is 0. The smallest absolute Gasteiger partial charge is 0.437 e. The highest BCUT2D eigenvalue weighted by Crippen LogP contribution is 2.33. The van der Waals surface area contributed by atoms with Crippen LogP contribution >= 0.6 is 0 Å². The minimum absolute atomic E-state index is 0.0154. The second-order valence-corrected chi connectivity index (χ2v) is 6.67. The summed E-state index contributed by atoms with van der Waals surface area (Å²) in [6.45, 7) is 1.10. The number of amides is 1. The fraction of sp³-hybridized carbons (Fsp3) is 0.278. The molecule has 1 aliphatic rings. The Labute approximate surface area is 158 Å². The third kappa shape index (κ3) is 4.16.